The van der Waals surface area contributed by atoms with Crippen LogP contribution in [0, 0.1) is 5.41 Å². The van der Waals surface area contributed by atoms with Gasteiger partial charge in [0.05, 0.1) is 4.99 Å². The SMILES string of the molecule is CNC(=O)CCN(C)C(=O)C1(C(N)=S)CCOCC1. The standard InChI is InChI=1S/C12H21N3O3S/c1-14-9(16)3-6-15(2)11(17)12(10(13)19)4-7-18-8-5-12/h3-8H2,1-2H3,(H2,13,19)(H,14,16). The smallest absolute Gasteiger partial charge is 0.235 e. The van der Waals surface area contributed by atoms with Crippen molar-refractivity contribution < 1.29 is 14.3 Å². The summed E-state index contributed by atoms with van der Waals surface area (Å²) < 4.78 is 5.27. The first-order chi connectivity index (χ1) is 8.94. The van der Waals surface area contributed by atoms with Crippen molar-refractivity contribution in [1.82, 2.24) is 10.2 Å². The highest BCUT2D eigenvalue weighted by atomic mass is 32.1. The molecule has 0 aliphatic carbocycles. The number of nitrogens with one attached hydrogen (secondary N) is 1. The fourth-order valence-corrected chi connectivity index (χ4v) is 2.44. The van der Waals surface area contributed by atoms with E-state index in [-0.39, 0.29) is 23.2 Å². The maximum Gasteiger partial charge on any atom is 0.235 e. The van der Waals surface area contributed by atoms with Crippen LogP contribution in [0.2, 0.25) is 0 Å². The number of nitrogens with two attached hydrogens (primary N) is 1. The first-order valence-corrected chi connectivity index (χ1v) is 6.68. The highest BCUT2D eigenvalue weighted by Crippen LogP contribution is 2.33. The van der Waals surface area contributed by atoms with Crippen molar-refractivity contribution >= 4 is 29.0 Å². The molecule has 1 aliphatic rings. The second-order valence-electron chi connectivity index (χ2n) is 4.71. The number of nitrogens with zero attached hydrogens (tertiary/aromatic N) is 1. The predicted octanol–water partition coefficient (Wildman–Crippen LogP) is -0.336. The summed E-state index contributed by atoms with van der Waals surface area (Å²) in [6.45, 7) is 1.31. The van der Waals surface area contributed by atoms with Gasteiger partial charge in [-0.25, -0.2) is 0 Å². The van der Waals surface area contributed by atoms with Crippen LogP contribution >= 0.6 is 12.2 Å². The van der Waals surface area contributed by atoms with Crippen LogP contribution in [0.3, 0.4) is 0 Å². The Balaban J connectivity index is 2.71. The zero-order chi connectivity index (χ0) is 14.5. The van der Waals surface area contributed by atoms with E-state index in [2.05, 4.69) is 5.32 Å². The van der Waals surface area contributed by atoms with Crippen molar-refractivity contribution in [2.24, 2.45) is 11.1 Å². The van der Waals surface area contributed by atoms with Crippen LogP contribution in [-0.2, 0) is 14.3 Å². The topological polar surface area (TPSA) is 84.7 Å². The van der Waals surface area contributed by atoms with Crippen LogP contribution in [0.15, 0.2) is 0 Å². The third kappa shape index (κ3) is 3.63. The van der Waals surface area contributed by atoms with Gasteiger partial charge in [-0.3, -0.25) is 9.59 Å². The van der Waals surface area contributed by atoms with Crippen LogP contribution in [-0.4, -0.2) is 55.6 Å². The number of hydrogen-bond acceptors (Lipinski definition) is 4. The molecular formula is C12H21N3O3S. The summed E-state index contributed by atoms with van der Waals surface area (Å²) in [5.41, 5.74) is 4.96. The third-order valence-electron chi connectivity index (χ3n) is 3.53. The molecule has 1 fully saturated rings. The van der Waals surface area contributed by atoms with Crippen LogP contribution in [0.1, 0.15) is 19.3 Å². The minimum atomic E-state index is -0.814. The largest absolute Gasteiger partial charge is 0.392 e. The van der Waals surface area contributed by atoms with Gasteiger partial charge in [-0.1, -0.05) is 12.2 Å². The Labute approximate surface area is 118 Å². The maximum absolute atomic E-state index is 12.5. The average molecular weight is 287 g/mol. The van der Waals surface area contributed by atoms with E-state index in [9.17, 15) is 9.59 Å². The molecule has 0 unspecified atom stereocenters. The maximum atomic E-state index is 12.5. The normalized spacial score (nSPS) is 17.6. The van der Waals surface area contributed by atoms with Crippen LogP contribution in [0.4, 0.5) is 0 Å². The van der Waals surface area contributed by atoms with E-state index in [1.165, 1.54) is 4.90 Å². The second kappa shape index (κ2) is 6.81. The summed E-state index contributed by atoms with van der Waals surface area (Å²) in [5, 5.41) is 2.52. The molecule has 1 saturated heterocycles. The monoisotopic (exact) mass is 287 g/mol. The van der Waals surface area contributed by atoms with E-state index < -0.39 is 5.41 Å². The average Bonchev–Trinajstić information content (AvgIpc) is 2.43. The van der Waals surface area contributed by atoms with Crippen molar-refractivity contribution in [3.05, 3.63) is 0 Å². The van der Waals surface area contributed by atoms with E-state index in [0.717, 1.165) is 0 Å². The van der Waals surface area contributed by atoms with Crippen LogP contribution in [0.5, 0.6) is 0 Å². The van der Waals surface area contributed by atoms with Gasteiger partial charge in [0.1, 0.15) is 5.41 Å². The molecule has 1 heterocycles. The second-order valence-corrected chi connectivity index (χ2v) is 5.15. The minimum Gasteiger partial charge on any atom is -0.392 e. The fraction of sp³-hybridized carbons (Fsp3) is 0.750. The molecule has 0 bridgehead atoms. The van der Waals surface area contributed by atoms with E-state index in [1.54, 1.807) is 14.1 Å². The molecule has 0 aromatic carbocycles. The summed E-state index contributed by atoms with van der Waals surface area (Å²) in [7, 11) is 3.24. The molecule has 19 heavy (non-hydrogen) atoms. The first kappa shape index (κ1) is 15.8. The minimum absolute atomic E-state index is 0.101. The zero-order valence-corrected chi connectivity index (χ0v) is 12.2. The van der Waals surface area contributed by atoms with Crippen molar-refractivity contribution in [2.75, 3.05) is 33.9 Å². The first-order valence-electron chi connectivity index (χ1n) is 6.28. The molecule has 0 aromatic rings. The van der Waals surface area contributed by atoms with Gasteiger partial charge < -0.3 is 20.7 Å². The highest BCUT2D eigenvalue weighted by molar-refractivity contribution is 7.80. The van der Waals surface area contributed by atoms with Gasteiger partial charge in [0.25, 0.3) is 0 Å². The fourth-order valence-electron chi connectivity index (χ4n) is 2.15. The summed E-state index contributed by atoms with van der Waals surface area (Å²) >= 11 is 5.08. The molecule has 1 aliphatic heterocycles. The molecule has 7 heteroatoms. The Hall–Kier alpha value is -1.21. The Morgan fingerprint density at radius 1 is 1.42 bits per heavy atom. The van der Waals surface area contributed by atoms with Gasteiger partial charge in [0.2, 0.25) is 11.8 Å². The van der Waals surface area contributed by atoms with Crippen molar-refractivity contribution in [3.8, 4) is 0 Å². The lowest BCUT2D eigenvalue weighted by atomic mass is 9.78. The number of carbonyl (C=O) groups excluding carboxylic acids is 2. The van der Waals surface area contributed by atoms with Gasteiger partial charge in [0.15, 0.2) is 0 Å². The highest BCUT2D eigenvalue weighted by Gasteiger charge is 2.44. The number of rotatable bonds is 5. The van der Waals surface area contributed by atoms with Gasteiger partial charge in [0, 0.05) is 40.3 Å². The lowest BCUT2D eigenvalue weighted by Gasteiger charge is -2.37. The molecular weight excluding hydrogens is 266 g/mol. The van der Waals surface area contributed by atoms with Gasteiger partial charge >= 0.3 is 0 Å². The van der Waals surface area contributed by atoms with Crippen LogP contribution in [0.25, 0.3) is 0 Å². The molecule has 0 radical (unpaired) electrons. The third-order valence-corrected chi connectivity index (χ3v) is 3.92. The van der Waals surface area contributed by atoms with Gasteiger partial charge in [-0.2, -0.15) is 0 Å². The van der Waals surface area contributed by atoms with Crippen molar-refractivity contribution in [1.29, 1.82) is 0 Å². The van der Waals surface area contributed by atoms with E-state index in [0.29, 0.717) is 32.6 Å². The number of carbonyl (C=O) groups is 2. The number of thiocarbonyl (C=S) groups is 1. The van der Waals surface area contributed by atoms with Crippen LogP contribution < -0.4 is 11.1 Å². The number of amides is 2. The molecule has 0 spiro atoms. The molecule has 3 N–H and O–H groups in total. The molecule has 6 nitrogen and oxygen atoms in total. The Morgan fingerprint density at radius 3 is 2.47 bits per heavy atom. The zero-order valence-electron chi connectivity index (χ0n) is 11.4. The van der Waals surface area contributed by atoms with Crippen molar-refractivity contribution in [3.63, 3.8) is 0 Å². The molecule has 1 rings (SSSR count). The summed E-state index contributed by atoms with van der Waals surface area (Å²) in [4.78, 5) is 25.5. The number of hydrogen-bond donors (Lipinski definition) is 2. The van der Waals surface area contributed by atoms with Gasteiger partial charge in [-0.05, 0) is 12.8 Å². The van der Waals surface area contributed by atoms with Gasteiger partial charge in [-0.15, -0.1) is 0 Å². The Morgan fingerprint density at radius 2 is 2.00 bits per heavy atom. The molecule has 0 atom stereocenters. The summed E-state index contributed by atoms with van der Waals surface area (Å²) in [5.74, 6) is -0.219. The molecule has 0 aromatic heterocycles. The Bertz CT molecular complexity index is 367. The lowest BCUT2D eigenvalue weighted by molar-refractivity contribution is -0.141. The van der Waals surface area contributed by atoms with E-state index in [4.69, 9.17) is 22.7 Å². The van der Waals surface area contributed by atoms with E-state index in [1.807, 2.05) is 0 Å². The Kier molecular flexibility index (Phi) is 5.68. The quantitative estimate of drug-likeness (QED) is 0.676. The summed E-state index contributed by atoms with van der Waals surface area (Å²) in [6.07, 6.45) is 1.28. The lowest BCUT2D eigenvalue weighted by Crippen LogP contribution is -2.52. The summed E-state index contributed by atoms with van der Waals surface area (Å²) in [6, 6.07) is 0. The number of ether oxygens (including phenoxy) is 1. The molecule has 0 saturated carbocycles. The molecule has 108 valence electrons. The molecule has 2 amide bonds. The van der Waals surface area contributed by atoms with Crippen molar-refractivity contribution in [2.45, 2.75) is 19.3 Å². The van der Waals surface area contributed by atoms with E-state index >= 15 is 0 Å². The predicted molar refractivity (Wildman–Crippen MR) is 75.6 cm³/mol.